The van der Waals surface area contributed by atoms with E-state index >= 15 is 0 Å². The summed E-state index contributed by atoms with van der Waals surface area (Å²) in [6, 6.07) is 0. The Morgan fingerprint density at radius 3 is 2.38 bits per heavy atom. The van der Waals surface area contributed by atoms with Crippen LogP contribution in [0.15, 0.2) is 0 Å². The van der Waals surface area contributed by atoms with E-state index in [1.807, 2.05) is 0 Å². The van der Waals surface area contributed by atoms with Crippen molar-refractivity contribution in [2.24, 2.45) is 0 Å². The van der Waals surface area contributed by atoms with Gasteiger partial charge >= 0.3 is 58.3 Å². The summed E-state index contributed by atoms with van der Waals surface area (Å²) in [6.07, 6.45) is -0.377. The van der Waals surface area contributed by atoms with Crippen LogP contribution in [0.1, 0.15) is 0 Å². The average molecular weight is 230 g/mol. The molecule has 3 nitrogen and oxygen atoms in total. The first-order valence-electron chi connectivity index (χ1n) is 2.37. The van der Waals surface area contributed by atoms with Gasteiger partial charge in [0.25, 0.3) is 0 Å². The van der Waals surface area contributed by atoms with E-state index in [9.17, 15) is 0 Å². The second-order valence-electron chi connectivity index (χ2n) is 1.77. The van der Waals surface area contributed by atoms with Gasteiger partial charge in [0.2, 0.25) is 0 Å². The van der Waals surface area contributed by atoms with Gasteiger partial charge in [0.15, 0.2) is 0 Å². The molecular formula is C4H9INO2-. The van der Waals surface area contributed by atoms with E-state index in [-0.39, 0.29) is 31.7 Å². The Hall–Kier alpha value is 0.610. The second kappa shape index (κ2) is 2.47. The zero-order valence-electron chi connectivity index (χ0n) is 4.58. The van der Waals surface area contributed by atoms with Crippen LogP contribution < -0.4 is 21.2 Å². The first kappa shape index (κ1) is 6.73. The molecule has 4 heteroatoms. The summed E-state index contributed by atoms with van der Waals surface area (Å²) in [4.78, 5) is 1.60. The molecule has 0 bridgehead atoms. The Kier molecular flexibility index (Phi) is 2.07. The Balaban J connectivity index is 2.44. The van der Waals surface area contributed by atoms with Gasteiger partial charge in [-0.3, -0.25) is 0 Å². The molecule has 2 atom stereocenters. The standard InChI is InChI=1S/C4H9INO2/c1-6-3(7)2-5-4(6)8/h3-4,7-8H,2H2,1H3/q-1. The monoisotopic (exact) mass is 230 g/mol. The predicted octanol–water partition coefficient (Wildman–Crippen LogP) is -4.38. The summed E-state index contributed by atoms with van der Waals surface area (Å²) in [5, 5.41) is 17.9. The topological polar surface area (TPSA) is 43.7 Å². The van der Waals surface area contributed by atoms with E-state index in [1.54, 1.807) is 11.9 Å². The van der Waals surface area contributed by atoms with Crippen LogP contribution in [0, 0.1) is 0 Å². The first-order chi connectivity index (χ1) is 3.72. The maximum atomic E-state index is 8.98. The fourth-order valence-corrected chi connectivity index (χ4v) is 3.04. The maximum absolute atomic E-state index is 8.98. The van der Waals surface area contributed by atoms with Crippen molar-refractivity contribution in [2.75, 3.05) is 11.5 Å². The van der Waals surface area contributed by atoms with Crippen molar-refractivity contribution in [3.05, 3.63) is 0 Å². The molecule has 0 amide bonds. The summed E-state index contributed by atoms with van der Waals surface area (Å²) in [5.41, 5.74) is 0. The van der Waals surface area contributed by atoms with Gasteiger partial charge in [0.05, 0.1) is 0 Å². The van der Waals surface area contributed by atoms with Gasteiger partial charge in [-0.15, -0.1) is 0 Å². The summed E-state index contributed by atoms with van der Waals surface area (Å²) in [7, 11) is 1.74. The van der Waals surface area contributed by atoms with Crippen molar-refractivity contribution >= 4 is 0 Å². The molecule has 2 unspecified atom stereocenters. The Labute approximate surface area is 58.6 Å². The molecule has 1 fully saturated rings. The zero-order valence-corrected chi connectivity index (χ0v) is 6.74. The van der Waals surface area contributed by atoms with Gasteiger partial charge in [-0.05, 0) is 0 Å². The van der Waals surface area contributed by atoms with Crippen molar-refractivity contribution in [2.45, 2.75) is 10.5 Å². The molecule has 1 saturated heterocycles. The van der Waals surface area contributed by atoms with E-state index in [0.29, 0.717) is 0 Å². The molecule has 1 aliphatic rings. The molecule has 0 radical (unpaired) electrons. The zero-order chi connectivity index (χ0) is 6.15. The van der Waals surface area contributed by atoms with E-state index in [4.69, 9.17) is 10.2 Å². The van der Waals surface area contributed by atoms with Gasteiger partial charge in [-0.2, -0.15) is 0 Å². The predicted molar refractivity (Wildman–Crippen MR) is 24.6 cm³/mol. The van der Waals surface area contributed by atoms with Crippen molar-refractivity contribution in [1.82, 2.24) is 4.90 Å². The van der Waals surface area contributed by atoms with Crippen LogP contribution in [0.5, 0.6) is 0 Å². The van der Waals surface area contributed by atoms with Crippen LogP contribution in [0.3, 0.4) is 0 Å². The van der Waals surface area contributed by atoms with Gasteiger partial charge < -0.3 is 0 Å². The van der Waals surface area contributed by atoms with Crippen LogP contribution >= 0.6 is 0 Å². The van der Waals surface area contributed by atoms with Crippen LogP contribution in [0.25, 0.3) is 0 Å². The summed E-state index contributed by atoms with van der Waals surface area (Å²) >= 11 is -0.170. The van der Waals surface area contributed by atoms with Gasteiger partial charge in [0.1, 0.15) is 0 Å². The number of aliphatic hydroxyl groups is 2. The molecule has 0 aromatic carbocycles. The third kappa shape index (κ3) is 1.12. The number of rotatable bonds is 0. The quantitative estimate of drug-likeness (QED) is 0.251. The molecule has 1 heterocycles. The third-order valence-corrected chi connectivity index (χ3v) is 4.13. The van der Waals surface area contributed by atoms with Gasteiger partial charge in [-0.25, -0.2) is 0 Å². The Bertz CT molecular complexity index is 80.1. The van der Waals surface area contributed by atoms with E-state index in [2.05, 4.69) is 0 Å². The molecule has 0 aliphatic carbocycles. The van der Waals surface area contributed by atoms with Crippen LogP contribution in [-0.4, -0.2) is 37.1 Å². The van der Waals surface area contributed by atoms with Crippen molar-refractivity contribution < 1.29 is 31.4 Å². The molecular weight excluding hydrogens is 221 g/mol. The number of aliphatic hydroxyl groups excluding tert-OH is 2. The van der Waals surface area contributed by atoms with E-state index in [1.165, 1.54) is 0 Å². The molecule has 1 aliphatic heterocycles. The summed E-state index contributed by atoms with van der Waals surface area (Å²) in [6.45, 7) is 0. The third-order valence-electron chi connectivity index (χ3n) is 1.17. The Morgan fingerprint density at radius 1 is 1.62 bits per heavy atom. The SMILES string of the molecule is CN1C(O)C[I-]C1O. The molecule has 2 N–H and O–H groups in total. The number of halogens is 1. The molecule has 1 rings (SSSR count). The summed E-state index contributed by atoms with van der Waals surface area (Å²) < 4.78 is 0.486. The Morgan fingerprint density at radius 2 is 2.25 bits per heavy atom. The van der Waals surface area contributed by atoms with E-state index in [0.717, 1.165) is 4.43 Å². The second-order valence-corrected chi connectivity index (χ2v) is 4.64. The van der Waals surface area contributed by atoms with E-state index < -0.39 is 0 Å². The van der Waals surface area contributed by atoms with Gasteiger partial charge in [0, 0.05) is 0 Å². The fourth-order valence-electron chi connectivity index (χ4n) is 0.519. The van der Waals surface area contributed by atoms with Crippen LogP contribution in [-0.2, 0) is 0 Å². The molecule has 0 saturated carbocycles. The number of alkyl halides is 2. The number of hydrogen-bond acceptors (Lipinski definition) is 3. The van der Waals surface area contributed by atoms with Crippen molar-refractivity contribution in [1.29, 1.82) is 0 Å². The molecule has 50 valence electrons. The molecule has 8 heavy (non-hydrogen) atoms. The van der Waals surface area contributed by atoms with Crippen molar-refractivity contribution in [3.8, 4) is 0 Å². The normalized spacial score (nSPS) is 41.9. The summed E-state index contributed by atoms with van der Waals surface area (Å²) in [5.74, 6) is 0. The minimum absolute atomic E-state index is 0.170. The number of hydrogen-bond donors (Lipinski definition) is 2. The molecule has 0 spiro atoms. The molecule has 0 aromatic rings. The van der Waals surface area contributed by atoms with Crippen molar-refractivity contribution in [3.63, 3.8) is 0 Å². The fraction of sp³-hybridized carbons (Fsp3) is 1.00. The molecule has 0 aromatic heterocycles. The van der Waals surface area contributed by atoms with Gasteiger partial charge in [-0.1, -0.05) is 0 Å². The van der Waals surface area contributed by atoms with Crippen LogP contribution in [0.4, 0.5) is 0 Å². The minimum atomic E-state index is -0.377. The first-order valence-corrected chi connectivity index (χ1v) is 5.14. The number of nitrogens with zero attached hydrogens (tertiary/aromatic N) is 1. The van der Waals surface area contributed by atoms with Crippen LogP contribution in [0.2, 0.25) is 0 Å². The average Bonchev–Trinajstić information content (AvgIpc) is 1.98.